The largest absolute Gasteiger partial charge is 0.494 e. The minimum absolute atomic E-state index is 0.0167. The van der Waals surface area contributed by atoms with Crippen molar-refractivity contribution in [3.05, 3.63) is 29.6 Å². The van der Waals surface area contributed by atoms with Gasteiger partial charge in [0.1, 0.15) is 6.04 Å². The molecule has 2 N–H and O–H groups in total. The highest BCUT2D eigenvalue weighted by Gasteiger charge is 2.30. The maximum atomic E-state index is 13.7. The molecule has 0 aliphatic heterocycles. The molecular formula is C14H18FNO5S. The Morgan fingerprint density at radius 3 is 2.64 bits per heavy atom. The minimum Gasteiger partial charge on any atom is -0.494 e. The van der Waals surface area contributed by atoms with E-state index in [0.717, 1.165) is 25.3 Å². The summed E-state index contributed by atoms with van der Waals surface area (Å²) in [6.07, 6.45) is 2.65. The first kappa shape index (κ1) is 16.7. The summed E-state index contributed by atoms with van der Waals surface area (Å²) in [6, 6.07) is 2.03. The summed E-state index contributed by atoms with van der Waals surface area (Å²) in [5.41, 5.74) is 0.0167. The molecule has 2 rings (SSSR count). The maximum absolute atomic E-state index is 13.7. The topological polar surface area (TPSA) is 92.7 Å². The van der Waals surface area contributed by atoms with Gasteiger partial charge >= 0.3 is 5.97 Å². The van der Waals surface area contributed by atoms with Gasteiger partial charge in [-0.05, 0) is 36.5 Å². The monoisotopic (exact) mass is 331 g/mol. The van der Waals surface area contributed by atoms with Gasteiger partial charge in [-0.2, -0.15) is 4.72 Å². The fourth-order valence-electron chi connectivity index (χ4n) is 2.32. The van der Waals surface area contributed by atoms with E-state index >= 15 is 0 Å². The Morgan fingerprint density at radius 1 is 1.50 bits per heavy atom. The minimum atomic E-state index is -3.75. The van der Waals surface area contributed by atoms with Crippen molar-refractivity contribution in [3.8, 4) is 5.75 Å². The van der Waals surface area contributed by atoms with Crippen LogP contribution in [0.1, 0.15) is 30.9 Å². The lowest BCUT2D eigenvalue weighted by Crippen LogP contribution is -2.38. The molecule has 1 aromatic rings. The number of carboxylic acid groups (broad SMARTS) is 1. The van der Waals surface area contributed by atoms with Crippen LogP contribution in [-0.2, 0) is 14.8 Å². The lowest BCUT2D eigenvalue weighted by Gasteiger charge is -2.26. The van der Waals surface area contributed by atoms with Crippen molar-refractivity contribution < 1.29 is 27.4 Å². The van der Waals surface area contributed by atoms with Crippen LogP contribution in [0.4, 0.5) is 4.39 Å². The van der Waals surface area contributed by atoms with Gasteiger partial charge in [0, 0.05) is 0 Å². The number of carbonyl (C=O) groups is 1. The molecule has 1 aliphatic rings. The average Bonchev–Trinajstić information content (AvgIpc) is 2.40. The third-order valence-electron chi connectivity index (χ3n) is 3.73. The molecule has 122 valence electrons. The molecule has 1 unspecified atom stereocenters. The molecule has 0 spiro atoms. The summed E-state index contributed by atoms with van der Waals surface area (Å²) in [6.45, 7) is 0. The molecule has 8 heteroatoms. The van der Waals surface area contributed by atoms with Gasteiger partial charge < -0.3 is 9.84 Å². The van der Waals surface area contributed by atoms with Crippen LogP contribution in [0.2, 0.25) is 0 Å². The van der Waals surface area contributed by atoms with Crippen molar-refractivity contribution in [2.75, 3.05) is 12.9 Å². The highest BCUT2D eigenvalue weighted by Crippen LogP contribution is 2.28. The van der Waals surface area contributed by atoms with E-state index in [1.165, 1.54) is 19.2 Å². The smallest absolute Gasteiger partial charge is 0.326 e. The van der Waals surface area contributed by atoms with E-state index in [0.29, 0.717) is 0 Å². The van der Waals surface area contributed by atoms with Crippen molar-refractivity contribution in [3.63, 3.8) is 0 Å². The highest BCUT2D eigenvalue weighted by atomic mass is 32.2. The molecule has 0 amide bonds. The zero-order valence-electron chi connectivity index (χ0n) is 12.1. The lowest BCUT2D eigenvalue weighted by atomic mass is 9.87. The van der Waals surface area contributed by atoms with Crippen molar-refractivity contribution in [2.45, 2.75) is 25.3 Å². The van der Waals surface area contributed by atoms with Gasteiger partial charge in [0.2, 0.25) is 10.0 Å². The molecule has 1 aliphatic carbocycles. The van der Waals surface area contributed by atoms with Crippen molar-refractivity contribution in [1.29, 1.82) is 0 Å². The number of rotatable bonds is 7. The molecule has 0 saturated heterocycles. The average molecular weight is 331 g/mol. The molecule has 1 aromatic carbocycles. The van der Waals surface area contributed by atoms with Crippen LogP contribution >= 0.6 is 0 Å². The van der Waals surface area contributed by atoms with E-state index in [9.17, 15) is 22.7 Å². The summed E-state index contributed by atoms with van der Waals surface area (Å²) >= 11 is 0. The summed E-state index contributed by atoms with van der Waals surface area (Å²) in [7, 11) is -2.46. The van der Waals surface area contributed by atoms with Crippen LogP contribution in [0.15, 0.2) is 18.2 Å². The predicted octanol–water partition coefficient (Wildman–Crippen LogP) is 1.68. The quantitative estimate of drug-likeness (QED) is 0.793. The summed E-state index contributed by atoms with van der Waals surface area (Å²) in [5, 5.41) is 9.23. The Bertz CT molecular complexity index is 657. The number of methoxy groups -OCH3 is 1. The fourth-order valence-corrected chi connectivity index (χ4v) is 3.97. The molecule has 22 heavy (non-hydrogen) atoms. The lowest BCUT2D eigenvalue weighted by molar-refractivity contribution is -0.139. The van der Waals surface area contributed by atoms with Gasteiger partial charge in [-0.15, -0.1) is 0 Å². The van der Waals surface area contributed by atoms with Crippen molar-refractivity contribution in [1.82, 2.24) is 4.72 Å². The third-order valence-corrected chi connectivity index (χ3v) is 5.24. The van der Waals surface area contributed by atoms with Crippen LogP contribution in [0.5, 0.6) is 5.75 Å². The number of benzene rings is 1. The molecule has 0 bridgehead atoms. The van der Waals surface area contributed by atoms with E-state index in [4.69, 9.17) is 4.74 Å². The normalized spacial score (nSPS) is 16.8. The Kier molecular flexibility index (Phi) is 5.02. The number of hydrogen-bond donors (Lipinski definition) is 2. The second-order valence-corrected chi connectivity index (χ2v) is 7.16. The Morgan fingerprint density at radius 2 is 2.18 bits per heavy atom. The number of sulfonamides is 1. The van der Waals surface area contributed by atoms with Gasteiger partial charge in [-0.1, -0.05) is 12.5 Å². The molecule has 0 heterocycles. The summed E-state index contributed by atoms with van der Waals surface area (Å²) in [5.74, 6) is -2.20. The first-order valence-electron chi connectivity index (χ1n) is 6.88. The van der Waals surface area contributed by atoms with E-state index < -0.39 is 27.9 Å². The predicted molar refractivity (Wildman–Crippen MR) is 77.6 cm³/mol. The second kappa shape index (κ2) is 6.62. The molecule has 1 fully saturated rings. The van der Waals surface area contributed by atoms with Crippen LogP contribution in [-0.4, -0.2) is 32.4 Å². The van der Waals surface area contributed by atoms with E-state index in [1.54, 1.807) is 0 Å². The zero-order chi connectivity index (χ0) is 16.3. The van der Waals surface area contributed by atoms with Gasteiger partial charge in [-0.3, -0.25) is 4.79 Å². The Balaban J connectivity index is 2.19. The van der Waals surface area contributed by atoms with Crippen molar-refractivity contribution in [2.24, 2.45) is 5.92 Å². The van der Waals surface area contributed by atoms with E-state index in [1.807, 2.05) is 0 Å². The number of nitrogens with one attached hydrogen (secondary N) is 1. The van der Waals surface area contributed by atoms with Crippen LogP contribution in [0.3, 0.4) is 0 Å². The van der Waals surface area contributed by atoms with Gasteiger partial charge in [0.05, 0.1) is 12.9 Å². The number of halogens is 1. The SMILES string of the molecule is COc1ccc(C(NS(=O)(=O)CC2CCC2)C(=O)O)cc1F. The van der Waals surface area contributed by atoms with Gasteiger partial charge in [-0.25, -0.2) is 12.8 Å². The number of aliphatic carboxylic acids is 1. The highest BCUT2D eigenvalue weighted by molar-refractivity contribution is 7.89. The zero-order valence-corrected chi connectivity index (χ0v) is 12.9. The maximum Gasteiger partial charge on any atom is 0.326 e. The number of hydrogen-bond acceptors (Lipinski definition) is 4. The van der Waals surface area contributed by atoms with E-state index in [-0.39, 0.29) is 23.0 Å². The first-order valence-corrected chi connectivity index (χ1v) is 8.54. The summed E-state index contributed by atoms with van der Waals surface area (Å²) < 4.78 is 44.7. The van der Waals surface area contributed by atoms with E-state index in [2.05, 4.69) is 4.72 Å². The fraction of sp³-hybridized carbons (Fsp3) is 0.500. The Labute approximate surface area is 128 Å². The second-order valence-electron chi connectivity index (χ2n) is 5.36. The third kappa shape index (κ3) is 3.95. The molecule has 1 saturated carbocycles. The summed E-state index contributed by atoms with van der Waals surface area (Å²) in [4.78, 5) is 11.3. The van der Waals surface area contributed by atoms with Crippen LogP contribution < -0.4 is 9.46 Å². The molecule has 6 nitrogen and oxygen atoms in total. The molecule has 1 atom stereocenters. The Hall–Kier alpha value is -1.67. The first-order chi connectivity index (χ1) is 10.3. The van der Waals surface area contributed by atoms with Crippen LogP contribution in [0, 0.1) is 11.7 Å². The molecule has 0 radical (unpaired) electrons. The standard InChI is InChI=1S/C14H18FNO5S/c1-21-12-6-5-10(7-11(12)15)13(14(17)18)16-22(19,20)8-9-3-2-4-9/h5-7,9,13,16H,2-4,8H2,1H3,(H,17,18). The van der Waals surface area contributed by atoms with Gasteiger partial charge in [0.15, 0.2) is 11.6 Å². The van der Waals surface area contributed by atoms with Crippen molar-refractivity contribution >= 4 is 16.0 Å². The molecule has 0 aromatic heterocycles. The van der Waals surface area contributed by atoms with Gasteiger partial charge in [0.25, 0.3) is 0 Å². The molecular weight excluding hydrogens is 313 g/mol. The number of ether oxygens (including phenoxy) is 1. The van der Waals surface area contributed by atoms with Crippen LogP contribution in [0.25, 0.3) is 0 Å². The number of carboxylic acids is 1.